The Labute approximate surface area is 435 Å². The minimum absolute atomic E-state index is 0.202. The zero-order valence-electron chi connectivity index (χ0n) is 42.5. The van der Waals surface area contributed by atoms with Crippen LogP contribution in [-0.4, -0.2) is 13.7 Å². The van der Waals surface area contributed by atoms with Crippen LogP contribution in [0.2, 0.25) is 0 Å². The van der Waals surface area contributed by atoms with Crippen LogP contribution in [0.5, 0.6) is 0 Å². The molecular formula is C69H48N6. The van der Waals surface area contributed by atoms with Crippen molar-refractivity contribution in [3.63, 3.8) is 0 Å². The minimum atomic E-state index is 0.202. The maximum Gasteiger partial charge on any atom is 0.236 e. The molecule has 0 aliphatic rings. The standard InChI is InChI=1S/C69H48N6/c1-40-17-14-18-41(2)63(40)46-29-32-60-52(35-46)49-23-8-11-26-57(49)73(60)67-55(38-70)68(74-58-27-12-9-24-50(58)53-36-47(30-33-61(53)74)64-42(3)19-15-20-43(64)4)66(72-7)69(56(67)39-71)75-59-28-13-10-25-51(59)54-37-48(31-34-62(54)75)65-44(5)21-16-22-45(65)6/h8-37H,1-6H3. The van der Waals surface area contributed by atoms with Crippen LogP contribution < -0.4 is 0 Å². The van der Waals surface area contributed by atoms with Gasteiger partial charge in [-0.2, -0.15) is 10.5 Å². The van der Waals surface area contributed by atoms with Gasteiger partial charge in [-0.3, -0.25) is 0 Å². The molecule has 0 aliphatic heterocycles. The van der Waals surface area contributed by atoms with Crippen molar-refractivity contribution in [2.24, 2.45) is 0 Å². The average Bonchev–Trinajstić information content (AvgIpc) is 4.20. The van der Waals surface area contributed by atoms with Crippen molar-refractivity contribution in [3.8, 4) is 62.6 Å². The van der Waals surface area contributed by atoms with E-state index in [1.54, 1.807) is 0 Å². The van der Waals surface area contributed by atoms with E-state index in [0.29, 0.717) is 17.1 Å². The van der Waals surface area contributed by atoms with Crippen LogP contribution in [0, 0.1) is 70.8 Å². The van der Waals surface area contributed by atoms with E-state index in [9.17, 15) is 17.1 Å². The van der Waals surface area contributed by atoms with Gasteiger partial charge < -0.3 is 13.7 Å². The lowest BCUT2D eigenvalue weighted by Gasteiger charge is -2.23. The first-order chi connectivity index (χ1) is 36.6. The summed E-state index contributed by atoms with van der Waals surface area (Å²) in [5.41, 5.74) is 20.8. The highest BCUT2D eigenvalue weighted by molar-refractivity contribution is 6.16. The molecule has 0 bridgehead atoms. The summed E-state index contributed by atoms with van der Waals surface area (Å²) in [5.74, 6) is 0. The number of nitrogens with zero attached hydrogens (tertiary/aromatic N) is 6. The van der Waals surface area contributed by atoms with E-state index in [-0.39, 0.29) is 16.8 Å². The second kappa shape index (κ2) is 17.1. The Morgan fingerprint density at radius 1 is 0.333 bits per heavy atom. The van der Waals surface area contributed by atoms with Crippen LogP contribution in [0.25, 0.3) is 121 Å². The van der Waals surface area contributed by atoms with Crippen molar-refractivity contribution in [2.75, 3.05) is 0 Å². The highest BCUT2D eigenvalue weighted by Crippen LogP contribution is 2.50. The van der Waals surface area contributed by atoms with Crippen LogP contribution in [0.4, 0.5) is 5.69 Å². The SMILES string of the molecule is [C-]#[N+]c1c(-n2c3ccccc3c3cc(-c4c(C)cccc4C)ccc32)c(C#N)c(-n2c3ccccc3c3cc(-c4c(C)cccc4C)ccc32)c(C#N)c1-n1c2ccccc2c2cc(-c3c(C)cccc3C)ccc21. The Morgan fingerprint density at radius 3 is 0.907 bits per heavy atom. The van der Waals surface area contributed by atoms with Crippen molar-refractivity contribution in [1.29, 1.82) is 10.5 Å². The Bertz CT molecular complexity index is 4200. The molecule has 0 fully saturated rings. The first-order valence-electron chi connectivity index (χ1n) is 25.3. The fraction of sp³-hybridized carbons (Fsp3) is 0.0870. The molecule has 13 rings (SSSR count). The fourth-order valence-corrected chi connectivity index (χ4v) is 12.6. The molecule has 75 heavy (non-hydrogen) atoms. The Kier molecular flexibility index (Phi) is 10.3. The molecular weight excluding hydrogens is 913 g/mol. The number of aromatic nitrogens is 3. The van der Waals surface area contributed by atoms with E-state index in [1.165, 1.54) is 50.1 Å². The zero-order valence-corrected chi connectivity index (χ0v) is 42.5. The average molecular weight is 961 g/mol. The maximum atomic E-state index is 12.1. The van der Waals surface area contributed by atoms with Gasteiger partial charge >= 0.3 is 0 Å². The van der Waals surface area contributed by atoms with E-state index in [1.807, 2.05) is 36.4 Å². The van der Waals surface area contributed by atoms with E-state index in [2.05, 4.69) is 218 Å². The van der Waals surface area contributed by atoms with Gasteiger partial charge in [0.05, 0.1) is 67.9 Å². The van der Waals surface area contributed by atoms with E-state index in [0.717, 1.165) is 82.1 Å². The van der Waals surface area contributed by atoms with Crippen LogP contribution in [0.1, 0.15) is 44.5 Å². The molecule has 0 N–H and O–H groups in total. The summed E-state index contributed by atoms with van der Waals surface area (Å²) in [4.78, 5) is 4.51. The number of hydrogen-bond donors (Lipinski definition) is 0. The summed E-state index contributed by atoms with van der Waals surface area (Å²) in [5, 5.41) is 30.1. The van der Waals surface area contributed by atoms with Gasteiger partial charge in [0.15, 0.2) is 0 Å². The smallest absolute Gasteiger partial charge is 0.236 e. The number of benzene rings is 10. The lowest BCUT2D eigenvalue weighted by Crippen LogP contribution is -2.11. The Hall–Kier alpha value is -9.93. The summed E-state index contributed by atoms with van der Waals surface area (Å²) >= 11 is 0. The van der Waals surface area contributed by atoms with Gasteiger partial charge in [-0.05, 0) is 163 Å². The number of rotatable bonds is 6. The molecule has 10 aromatic carbocycles. The zero-order chi connectivity index (χ0) is 51.4. The minimum Gasteiger partial charge on any atom is -0.318 e. The lowest BCUT2D eigenvalue weighted by molar-refractivity contribution is 1.08. The van der Waals surface area contributed by atoms with Crippen LogP contribution in [0.3, 0.4) is 0 Å². The van der Waals surface area contributed by atoms with Crippen LogP contribution in [-0.2, 0) is 0 Å². The molecule has 0 aliphatic carbocycles. The van der Waals surface area contributed by atoms with Gasteiger partial charge in [-0.15, -0.1) is 0 Å². The topological polar surface area (TPSA) is 66.7 Å². The van der Waals surface area contributed by atoms with E-state index < -0.39 is 0 Å². The van der Waals surface area contributed by atoms with Gasteiger partial charge in [0, 0.05) is 32.3 Å². The summed E-state index contributed by atoms with van der Waals surface area (Å²) in [6.45, 7) is 22.3. The molecule has 354 valence electrons. The number of nitriles is 2. The highest BCUT2D eigenvalue weighted by Gasteiger charge is 2.33. The Morgan fingerprint density at radius 2 is 0.613 bits per heavy atom. The molecule has 0 spiro atoms. The predicted octanol–water partition coefficient (Wildman–Crippen LogP) is 18.1. The van der Waals surface area contributed by atoms with Crippen LogP contribution in [0.15, 0.2) is 182 Å². The van der Waals surface area contributed by atoms with Crippen molar-refractivity contribution >= 4 is 71.1 Å². The van der Waals surface area contributed by atoms with Gasteiger partial charge in [0.2, 0.25) is 5.69 Å². The molecule has 13 aromatic rings. The summed E-state index contributed by atoms with van der Waals surface area (Å²) in [6.07, 6.45) is 0. The summed E-state index contributed by atoms with van der Waals surface area (Å²) in [7, 11) is 0. The van der Waals surface area contributed by atoms with Crippen LogP contribution >= 0.6 is 0 Å². The van der Waals surface area contributed by atoms with Gasteiger partial charge in [-0.1, -0.05) is 127 Å². The second-order valence-corrected chi connectivity index (χ2v) is 20.0. The van der Waals surface area contributed by atoms with E-state index >= 15 is 0 Å². The van der Waals surface area contributed by atoms with E-state index in [4.69, 9.17) is 0 Å². The molecule has 0 saturated heterocycles. The maximum absolute atomic E-state index is 12.1. The highest BCUT2D eigenvalue weighted by atomic mass is 15.1. The molecule has 6 nitrogen and oxygen atoms in total. The number of para-hydroxylation sites is 3. The number of aryl methyl sites for hydroxylation is 6. The lowest BCUT2D eigenvalue weighted by atomic mass is 9.94. The molecule has 0 radical (unpaired) electrons. The van der Waals surface area contributed by atoms with Crippen molar-refractivity contribution in [3.05, 3.63) is 238 Å². The molecule has 0 saturated carbocycles. The van der Waals surface area contributed by atoms with Gasteiger partial charge in [0.1, 0.15) is 12.1 Å². The molecule has 0 unspecified atom stereocenters. The largest absolute Gasteiger partial charge is 0.318 e. The molecule has 3 heterocycles. The van der Waals surface area contributed by atoms with Gasteiger partial charge in [-0.25, -0.2) is 4.85 Å². The monoisotopic (exact) mass is 960 g/mol. The van der Waals surface area contributed by atoms with Crippen molar-refractivity contribution < 1.29 is 0 Å². The molecule has 0 atom stereocenters. The summed E-state index contributed by atoms with van der Waals surface area (Å²) < 4.78 is 6.33. The molecule has 6 heteroatoms. The predicted molar refractivity (Wildman–Crippen MR) is 310 cm³/mol. The fourth-order valence-electron chi connectivity index (χ4n) is 12.6. The first kappa shape index (κ1) is 45.0. The van der Waals surface area contributed by atoms with Crippen molar-refractivity contribution in [2.45, 2.75) is 41.5 Å². The number of hydrogen-bond acceptors (Lipinski definition) is 2. The van der Waals surface area contributed by atoms with Crippen molar-refractivity contribution in [1.82, 2.24) is 13.7 Å². The molecule has 3 aromatic heterocycles. The quantitative estimate of drug-likeness (QED) is 0.156. The third-order valence-corrected chi connectivity index (χ3v) is 15.7. The third kappa shape index (κ3) is 6.55. The first-order valence-corrected chi connectivity index (χ1v) is 25.3. The number of fused-ring (bicyclic) bond motifs is 9. The summed E-state index contributed by atoms with van der Waals surface area (Å²) in [6, 6.07) is 68.9. The van der Waals surface area contributed by atoms with Gasteiger partial charge in [0.25, 0.3) is 0 Å². The Balaban J connectivity index is 1.22. The second-order valence-electron chi connectivity index (χ2n) is 20.0. The molecule has 0 amide bonds. The normalized spacial score (nSPS) is 11.6. The third-order valence-electron chi connectivity index (χ3n) is 15.7.